The molecule has 1 aromatic heterocycles. The highest BCUT2D eigenvalue weighted by Gasteiger charge is 2.30. The van der Waals surface area contributed by atoms with Gasteiger partial charge in [0.05, 0.1) is 0 Å². The maximum absolute atomic E-state index is 12.0. The molecule has 0 amide bonds. The highest BCUT2D eigenvalue weighted by atomic mass is 19.4. The van der Waals surface area contributed by atoms with Gasteiger partial charge in [-0.15, -0.1) is 13.2 Å². The fraction of sp³-hybridized carbons (Fsp3) is 0.250. The molecule has 19 heavy (non-hydrogen) atoms. The zero-order chi connectivity index (χ0) is 13.9. The van der Waals surface area contributed by atoms with Gasteiger partial charge in [-0.3, -0.25) is 0 Å². The average Bonchev–Trinajstić information content (AvgIpc) is 2.77. The number of halogens is 3. The summed E-state index contributed by atoms with van der Waals surface area (Å²) in [6.07, 6.45) is -4.03. The van der Waals surface area contributed by atoms with Crippen LogP contribution in [-0.4, -0.2) is 11.5 Å². The highest BCUT2D eigenvalue weighted by molar-refractivity contribution is 5.33. The summed E-state index contributed by atoms with van der Waals surface area (Å²) in [5.41, 5.74) is 0. The molecule has 0 saturated heterocycles. The normalized spacial score (nSPS) is 11.4. The molecule has 1 heterocycles. The van der Waals surface area contributed by atoms with E-state index >= 15 is 0 Å². The van der Waals surface area contributed by atoms with Crippen LogP contribution in [0.25, 0.3) is 0 Å². The molecule has 2 aromatic rings. The number of aromatic nitrogens is 1. The van der Waals surface area contributed by atoms with Crippen molar-refractivity contribution < 1.29 is 27.2 Å². The predicted molar refractivity (Wildman–Crippen MR) is 59.1 cm³/mol. The second kappa shape index (κ2) is 5.21. The lowest BCUT2D eigenvalue weighted by molar-refractivity contribution is -0.274. The molecule has 0 radical (unpaired) electrons. The molecule has 0 aliphatic rings. The van der Waals surface area contributed by atoms with Gasteiger partial charge in [0.2, 0.25) is 0 Å². The predicted octanol–water partition coefficient (Wildman–Crippen LogP) is 3.93. The summed E-state index contributed by atoms with van der Waals surface area (Å²) in [7, 11) is 0. The van der Waals surface area contributed by atoms with Gasteiger partial charge in [-0.05, 0) is 29.4 Å². The summed E-state index contributed by atoms with van der Waals surface area (Å²) in [6, 6.07) is 6.62. The Morgan fingerprint density at radius 2 is 1.79 bits per heavy atom. The van der Waals surface area contributed by atoms with E-state index in [2.05, 4.69) is 9.89 Å². The SMILES string of the molecule is CCc1cc(Oc2ccc(OC(F)(F)F)cc2)no1. The second-order valence-electron chi connectivity index (χ2n) is 3.61. The van der Waals surface area contributed by atoms with Crippen molar-refractivity contribution >= 4 is 0 Å². The van der Waals surface area contributed by atoms with Crippen molar-refractivity contribution in [3.63, 3.8) is 0 Å². The third-order valence-electron chi connectivity index (χ3n) is 2.17. The Balaban J connectivity index is 2.02. The Morgan fingerprint density at radius 1 is 1.16 bits per heavy atom. The van der Waals surface area contributed by atoms with Crippen molar-refractivity contribution in [3.05, 3.63) is 36.1 Å². The number of nitrogens with zero attached hydrogens (tertiary/aromatic N) is 1. The zero-order valence-corrected chi connectivity index (χ0v) is 9.90. The van der Waals surface area contributed by atoms with Crippen LogP contribution in [0.5, 0.6) is 17.4 Å². The molecule has 0 aliphatic heterocycles. The molecule has 0 N–H and O–H groups in total. The van der Waals surface area contributed by atoms with Crippen LogP contribution in [0.1, 0.15) is 12.7 Å². The van der Waals surface area contributed by atoms with E-state index in [0.29, 0.717) is 17.9 Å². The largest absolute Gasteiger partial charge is 0.573 e. The van der Waals surface area contributed by atoms with Crippen molar-refractivity contribution in [2.45, 2.75) is 19.7 Å². The van der Waals surface area contributed by atoms with Crippen LogP contribution in [0.4, 0.5) is 13.2 Å². The number of benzene rings is 1. The van der Waals surface area contributed by atoms with Gasteiger partial charge < -0.3 is 14.0 Å². The van der Waals surface area contributed by atoms with Gasteiger partial charge in [-0.2, -0.15) is 0 Å². The number of ether oxygens (including phenoxy) is 2. The summed E-state index contributed by atoms with van der Waals surface area (Å²) in [5.74, 6) is 0.938. The van der Waals surface area contributed by atoms with Gasteiger partial charge in [0.1, 0.15) is 17.3 Å². The monoisotopic (exact) mass is 273 g/mol. The van der Waals surface area contributed by atoms with Crippen LogP contribution < -0.4 is 9.47 Å². The van der Waals surface area contributed by atoms with E-state index in [-0.39, 0.29) is 11.6 Å². The number of hydrogen-bond acceptors (Lipinski definition) is 4. The first kappa shape index (κ1) is 13.3. The van der Waals surface area contributed by atoms with E-state index in [1.807, 2.05) is 6.92 Å². The number of aryl methyl sites for hydroxylation is 1. The van der Waals surface area contributed by atoms with Crippen LogP contribution in [-0.2, 0) is 6.42 Å². The average molecular weight is 273 g/mol. The van der Waals surface area contributed by atoms with Crippen molar-refractivity contribution in [1.29, 1.82) is 0 Å². The van der Waals surface area contributed by atoms with E-state index in [4.69, 9.17) is 9.26 Å². The smallest absolute Gasteiger partial charge is 0.436 e. The standard InChI is InChI=1S/C12H10F3NO3/c1-2-8-7-11(16-19-8)17-9-3-5-10(6-4-9)18-12(13,14)15/h3-7H,2H2,1H3. The van der Waals surface area contributed by atoms with Gasteiger partial charge >= 0.3 is 6.36 Å². The van der Waals surface area contributed by atoms with E-state index < -0.39 is 6.36 Å². The third kappa shape index (κ3) is 3.90. The lowest BCUT2D eigenvalue weighted by Crippen LogP contribution is -2.16. The maximum Gasteiger partial charge on any atom is 0.573 e. The number of alkyl halides is 3. The third-order valence-corrected chi connectivity index (χ3v) is 2.17. The fourth-order valence-electron chi connectivity index (χ4n) is 1.34. The van der Waals surface area contributed by atoms with Crippen molar-refractivity contribution in [1.82, 2.24) is 5.16 Å². The Kier molecular flexibility index (Phi) is 3.64. The second-order valence-corrected chi connectivity index (χ2v) is 3.61. The Labute approximate surface area is 106 Å². The minimum atomic E-state index is -4.70. The van der Waals surface area contributed by atoms with Crippen LogP contribution in [0, 0.1) is 0 Å². The highest BCUT2D eigenvalue weighted by Crippen LogP contribution is 2.27. The number of rotatable bonds is 4. The maximum atomic E-state index is 12.0. The molecular formula is C12H10F3NO3. The molecule has 4 nitrogen and oxygen atoms in total. The van der Waals surface area contributed by atoms with Crippen molar-refractivity contribution in [2.24, 2.45) is 0 Å². The van der Waals surface area contributed by atoms with Gasteiger partial charge in [-0.25, -0.2) is 0 Å². The van der Waals surface area contributed by atoms with Crippen LogP contribution in [0.3, 0.4) is 0 Å². The first-order chi connectivity index (χ1) is 8.96. The van der Waals surface area contributed by atoms with Crippen LogP contribution in [0.15, 0.2) is 34.9 Å². The topological polar surface area (TPSA) is 44.5 Å². The summed E-state index contributed by atoms with van der Waals surface area (Å²) in [4.78, 5) is 0. The lowest BCUT2D eigenvalue weighted by atomic mass is 10.3. The van der Waals surface area contributed by atoms with Gasteiger partial charge in [0, 0.05) is 12.5 Å². The molecule has 0 aliphatic carbocycles. The van der Waals surface area contributed by atoms with E-state index in [0.717, 1.165) is 12.1 Å². The molecule has 0 atom stereocenters. The van der Waals surface area contributed by atoms with Crippen molar-refractivity contribution in [3.8, 4) is 17.4 Å². The minimum Gasteiger partial charge on any atom is -0.436 e. The molecule has 0 unspecified atom stereocenters. The van der Waals surface area contributed by atoms with Crippen molar-refractivity contribution in [2.75, 3.05) is 0 Å². The first-order valence-corrected chi connectivity index (χ1v) is 5.45. The lowest BCUT2D eigenvalue weighted by Gasteiger charge is -2.08. The van der Waals surface area contributed by atoms with E-state index in [9.17, 15) is 13.2 Å². The molecule has 0 saturated carbocycles. The summed E-state index contributed by atoms with van der Waals surface area (Å²) in [6.45, 7) is 1.90. The molecule has 0 fully saturated rings. The van der Waals surface area contributed by atoms with Gasteiger partial charge in [-0.1, -0.05) is 6.92 Å². The number of hydrogen-bond donors (Lipinski definition) is 0. The molecule has 2 rings (SSSR count). The Hall–Kier alpha value is -2.18. The first-order valence-electron chi connectivity index (χ1n) is 5.45. The molecule has 0 bridgehead atoms. The minimum absolute atomic E-state index is 0.251. The molecule has 0 spiro atoms. The van der Waals surface area contributed by atoms with E-state index in [1.165, 1.54) is 12.1 Å². The Bertz CT molecular complexity index is 534. The van der Waals surface area contributed by atoms with Crippen LogP contribution in [0.2, 0.25) is 0 Å². The van der Waals surface area contributed by atoms with Gasteiger partial charge in [0.25, 0.3) is 5.88 Å². The Morgan fingerprint density at radius 3 is 2.32 bits per heavy atom. The quantitative estimate of drug-likeness (QED) is 0.846. The zero-order valence-electron chi connectivity index (χ0n) is 9.90. The summed E-state index contributed by atoms with van der Waals surface area (Å²) in [5, 5.41) is 3.66. The van der Waals surface area contributed by atoms with Crippen LogP contribution >= 0.6 is 0 Å². The molecule has 7 heteroatoms. The molecular weight excluding hydrogens is 263 g/mol. The van der Waals surface area contributed by atoms with Gasteiger partial charge in [0.15, 0.2) is 0 Å². The fourth-order valence-corrected chi connectivity index (χ4v) is 1.34. The summed E-state index contributed by atoms with van der Waals surface area (Å²) < 4.78 is 49.8. The summed E-state index contributed by atoms with van der Waals surface area (Å²) >= 11 is 0. The van der Waals surface area contributed by atoms with E-state index in [1.54, 1.807) is 6.07 Å². The molecule has 102 valence electrons. The molecule has 1 aromatic carbocycles.